The third-order valence-electron chi connectivity index (χ3n) is 4.24. The summed E-state index contributed by atoms with van der Waals surface area (Å²) in [6.45, 7) is 1.95. The molecule has 1 aliphatic carbocycles. The van der Waals surface area contributed by atoms with Gasteiger partial charge in [-0.3, -0.25) is 14.9 Å². The molecule has 0 bridgehead atoms. The second kappa shape index (κ2) is 6.24. The molecule has 0 aliphatic heterocycles. The Hall–Kier alpha value is -2.63. The normalized spacial score (nSPS) is 20.7. The molecule has 1 heterocycles. The molecule has 3 rings (SSSR count). The monoisotopic (exact) mass is 314 g/mol. The molecule has 1 aromatic carbocycles. The number of furan rings is 1. The molecule has 23 heavy (non-hydrogen) atoms. The van der Waals surface area contributed by atoms with Crippen LogP contribution in [-0.2, 0) is 4.79 Å². The van der Waals surface area contributed by atoms with Gasteiger partial charge in [0, 0.05) is 24.0 Å². The van der Waals surface area contributed by atoms with Gasteiger partial charge in [-0.2, -0.15) is 0 Å². The highest BCUT2D eigenvalue weighted by atomic mass is 16.6. The Morgan fingerprint density at radius 3 is 2.91 bits per heavy atom. The van der Waals surface area contributed by atoms with E-state index in [1.54, 1.807) is 18.4 Å². The molecule has 1 fully saturated rings. The first kappa shape index (κ1) is 15.3. The maximum absolute atomic E-state index is 12.4. The van der Waals surface area contributed by atoms with Crippen LogP contribution in [0.2, 0.25) is 0 Å². The molecule has 1 aliphatic rings. The lowest BCUT2D eigenvalue weighted by molar-refractivity contribution is -0.384. The van der Waals surface area contributed by atoms with Crippen molar-refractivity contribution in [3.63, 3.8) is 0 Å². The zero-order chi connectivity index (χ0) is 16.4. The van der Waals surface area contributed by atoms with Gasteiger partial charge >= 0.3 is 0 Å². The predicted octanol–water partition coefficient (Wildman–Crippen LogP) is 3.56. The quantitative estimate of drug-likeness (QED) is 0.652. The number of nitrogens with one attached hydrogen (secondary N) is 1. The zero-order valence-corrected chi connectivity index (χ0v) is 12.8. The van der Waals surface area contributed by atoms with E-state index in [2.05, 4.69) is 5.32 Å². The van der Waals surface area contributed by atoms with Crippen LogP contribution in [0.5, 0.6) is 0 Å². The highest BCUT2D eigenvalue weighted by molar-refractivity contribution is 5.83. The summed E-state index contributed by atoms with van der Waals surface area (Å²) >= 11 is 0. The highest BCUT2D eigenvalue weighted by Gasteiger charge is 2.46. The second-order valence-corrected chi connectivity index (χ2v) is 5.79. The summed E-state index contributed by atoms with van der Waals surface area (Å²) in [5.41, 5.74) is 0.792. The van der Waals surface area contributed by atoms with Gasteiger partial charge in [-0.05, 0) is 30.5 Å². The fraction of sp³-hybridized carbons (Fsp3) is 0.353. The summed E-state index contributed by atoms with van der Waals surface area (Å²) in [6, 6.07) is 9.90. The summed E-state index contributed by atoms with van der Waals surface area (Å²) < 4.78 is 5.34. The lowest BCUT2D eigenvalue weighted by Gasteiger charge is -2.17. The van der Waals surface area contributed by atoms with Crippen LogP contribution in [-0.4, -0.2) is 10.8 Å². The lowest BCUT2D eigenvalue weighted by atomic mass is 10.0. The molecule has 0 radical (unpaired) electrons. The number of nitro benzene ring substituents is 1. The van der Waals surface area contributed by atoms with Gasteiger partial charge < -0.3 is 9.73 Å². The van der Waals surface area contributed by atoms with Crippen molar-refractivity contribution in [2.24, 2.45) is 5.92 Å². The standard InChI is InChI=1S/C17H18N2O4/c1-2-15(11-5-3-6-12(9-11)19(21)22)18-17(20)14-10-13(14)16-7-4-8-23-16/h3-9,13-15H,2,10H2,1H3,(H,18,20)/t13-,14+,15+/m1/s1. The Morgan fingerprint density at radius 2 is 2.26 bits per heavy atom. The molecule has 0 unspecified atom stereocenters. The van der Waals surface area contributed by atoms with Gasteiger partial charge in [-0.25, -0.2) is 0 Å². The van der Waals surface area contributed by atoms with Crippen molar-refractivity contribution < 1.29 is 14.1 Å². The Balaban J connectivity index is 1.67. The van der Waals surface area contributed by atoms with Crippen LogP contribution in [0.25, 0.3) is 0 Å². The third-order valence-corrected chi connectivity index (χ3v) is 4.24. The van der Waals surface area contributed by atoms with Crippen LogP contribution in [0, 0.1) is 16.0 Å². The van der Waals surface area contributed by atoms with E-state index in [4.69, 9.17) is 4.42 Å². The van der Waals surface area contributed by atoms with Gasteiger partial charge in [-0.1, -0.05) is 19.1 Å². The summed E-state index contributed by atoms with van der Waals surface area (Å²) in [5, 5.41) is 13.9. The SMILES string of the molecule is CC[C@H](NC(=O)[C@H]1C[C@H]1c1ccco1)c1cccc([N+](=O)[O-])c1. The number of nitrogens with zero attached hydrogens (tertiary/aromatic N) is 1. The van der Waals surface area contributed by atoms with Gasteiger partial charge in [0.25, 0.3) is 5.69 Å². The predicted molar refractivity (Wildman–Crippen MR) is 83.8 cm³/mol. The molecular weight excluding hydrogens is 296 g/mol. The maximum atomic E-state index is 12.4. The number of rotatable bonds is 6. The molecule has 1 saturated carbocycles. The van der Waals surface area contributed by atoms with Crippen molar-refractivity contribution in [1.82, 2.24) is 5.32 Å². The molecule has 120 valence electrons. The van der Waals surface area contributed by atoms with Crippen LogP contribution < -0.4 is 5.32 Å². The summed E-state index contributed by atoms with van der Waals surface area (Å²) in [4.78, 5) is 22.8. The second-order valence-electron chi connectivity index (χ2n) is 5.79. The first-order valence-electron chi connectivity index (χ1n) is 7.68. The Bertz CT molecular complexity index is 711. The fourth-order valence-electron chi connectivity index (χ4n) is 2.86. The Morgan fingerprint density at radius 1 is 1.43 bits per heavy atom. The van der Waals surface area contributed by atoms with E-state index < -0.39 is 4.92 Å². The number of hydrogen-bond acceptors (Lipinski definition) is 4. The molecule has 0 spiro atoms. The van der Waals surface area contributed by atoms with E-state index in [1.807, 2.05) is 19.1 Å². The topological polar surface area (TPSA) is 85.4 Å². The van der Waals surface area contributed by atoms with E-state index >= 15 is 0 Å². The number of non-ortho nitro benzene ring substituents is 1. The van der Waals surface area contributed by atoms with E-state index in [9.17, 15) is 14.9 Å². The van der Waals surface area contributed by atoms with Crippen LogP contribution in [0.15, 0.2) is 47.1 Å². The summed E-state index contributed by atoms with van der Waals surface area (Å²) in [6.07, 6.45) is 3.07. The summed E-state index contributed by atoms with van der Waals surface area (Å²) in [7, 11) is 0. The van der Waals surface area contributed by atoms with Crippen molar-refractivity contribution in [3.05, 3.63) is 64.1 Å². The van der Waals surface area contributed by atoms with Crippen LogP contribution >= 0.6 is 0 Å². The van der Waals surface area contributed by atoms with Crippen LogP contribution in [0.4, 0.5) is 5.69 Å². The molecule has 1 aromatic heterocycles. The van der Waals surface area contributed by atoms with Crippen LogP contribution in [0.3, 0.4) is 0 Å². The van der Waals surface area contributed by atoms with Crippen LogP contribution in [0.1, 0.15) is 43.0 Å². The molecule has 0 saturated heterocycles. The van der Waals surface area contributed by atoms with E-state index in [-0.39, 0.29) is 29.5 Å². The lowest BCUT2D eigenvalue weighted by Crippen LogP contribution is -2.29. The molecule has 1 amide bonds. The number of nitro groups is 1. The molecular formula is C17H18N2O4. The van der Waals surface area contributed by atoms with Crippen molar-refractivity contribution in [2.45, 2.75) is 31.7 Å². The average Bonchev–Trinajstić information content (AvgIpc) is 3.18. The Labute approximate surface area is 133 Å². The number of hydrogen-bond donors (Lipinski definition) is 1. The van der Waals surface area contributed by atoms with Gasteiger partial charge in [0.2, 0.25) is 5.91 Å². The van der Waals surface area contributed by atoms with Gasteiger partial charge in [0.1, 0.15) is 5.76 Å². The zero-order valence-electron chi connectivity index (χ0n) is 12.8. The van der Waals surface area contributed by atoms with Crippen molar-refractivity contribution in [1.29, 1.82) is 0 Å². The fourth-order valence-corrected chi connectivity index (χ4v) is 2.86. The van der Waals surface area contributed by atoms with E-state index in [1.165, 1.54) is 12.1 Å². The molecule has 6 heteroatoms. The summed E-state index contributed by atoms with van der Waals surface area (Å²) in [5.74, 6) is 0.889. The number of carbonyl (C=O) groups is 1. The molecule has 3 atom stereocenters. The minimum absolute atomic E-state index is 0.0234. The van der Waals surface area contributed by atoms with E-state index in [0.717, 1.165) is 17.7 Å². The third kappa shape index (κ3) is 3.26. The Kier molecular flexibility index (Phi) is 4.14. The minimum atomic E-state index is -0.425. The van der Waals surface area contributed by atoms with Crippen molar-refractivity contribution in [3.8, 4) is 0 Å². The van der Waals surface area contributed by atoms with Crippen molar-refractivity contribution in [2.75, 3.05) is 0 Å². The maximum Gasteiger partial charge on any atom is 0.269 e. The largest absolute Gasteiger partial charge is 0.469 e. The molecule has 1 N–H and O–H groups in total. The molecule has 2 aromatic rings. The smallest absolute Gasteiger partial charge is 0.269 e. The molecule has 6 nitrogen and oxygen atoms in total. The van der Waals surface area contributed by atoms with Gasteiger partial charge in [-0.15, -0.1) is 0 Å². The number of carbonyl (C=O) groups excluding carboxylic acids is 1. The van der Waals surface area contributed by atoms with E-state index in [0.29, 0.717) is 6.42 Å². The first-order valence-corrected chi connectivity index (χ1v) is 7.68. The highest BCUT2D eigenvalue weighted by Crippen LogP contribution is 2.48. The number of amides is 1. The van der Waals surface area contributed by atoms with Gasteiger partial charge in [0.05, 0.1) is 17.2 Å². The van der Waals surface area contributed by atoms with Crippen molar-refractivity contribution >= 4 is 11.6 Å². The number of benzene rings is 1. The first-order chi connectivity index (χ1) is 11.1. The average molecular weight is 314 g/mol. The minimum Gasteiger partial charge on any atom is -0.469 e. The van der Waals surface area contributed by atoms with Gasteiger partial charge in [0.15, 0.2) is 0 Å².